The molecule has 1 aromatic carbocycles. The number of guanidine groups is 1. The molecule has 0 radical (unpaired) electrons. The van der Waals surface area contributed by atoms with Crippen LogP contribution in [0, 0.1) is 6.92 Å². The van der Waals surface area contributed by atoms with Gasteiger partial charge in [-0.2, -0.15) is 4.98 Å². The lowest BCUT2D eigenvalue weighted by Crippen LogP contribution is -2.37. The van der Waals surface area contributed by atoms with Gasteiger partial charge in [-0.15, -0.1) is 24.0 Å². The highest BCUT2D eigenvalue weighted by Crippen LogP contribution is 2.18. The molecule has 8 nitrogen and oxygen atoms in total. The first-order valence-electron chi connectivity index (χ1n) is 8.06. The zero-order valence-corrected chi connectivity index (χ0v) is 16.9. The van der Waals surface area contributed by atoms with E-state index < -0.39 is 0 Å². The van der Waals surface area contributed by atoms with Crippen LogP contribution in [0.4, 0.5) is 0 Å². The van der Waals surface area contributed by atoms with Crippen LogP contribution in [0.2, 0.25) is 0 Å². The number of rotatable bonds is 6. The van der Waals surface area contributed by atoms with Crippen molar-refractivity contribution in [1.29, 1.82) is 0 Å². The molecule has 3 rings (SSSR count). The molecule has 2 N–H and O–H groups in total. The lowest BCUT2D eigenvalue weighted by atomic mass is 10.2. The van der Waals surface area contributed by atoms with Crippen LogP contribution in [0.5, 0.6) is 0 Å². The maximum absolute atomic E-state index is 5.52. The third kappa shape index (κ3) is 5.55. The Morgan fingerprint density at radius 1 is 1.15 bits per heavy atom. The Balaban J connectivity index is 0.00000243. The number of aliphatic imine (C=N–C) groups is 1. The summed E-state index contributed by atoms with van der Waals surface area (Å²) in [6.07, 6.45) is 1.62. The molecule has 0 unspecified atom stereocenters. The predicted molar refractivity (Wildman–Crippen MR) is 108 cm³/mol. The van der Waals surface area contributed by atoms with E-state index in [1.54, 1.807) is 13.2 Å². The third-order valence-electron chi connectivity index (χ3n) is 3.30. The Bertz CT molecular complexity index is 831. The van der Waals surface area contributed by atoms with Gasteiger partial charge in [-0.3, -0.25) is 0 Å². The zero-order chi connectivity index (χ0) is 17.5. The van der Waals surface area contributed by atoms with Crippen molar-refractivity contribution in [1.82, 2.24) is 25.8 Å². The molecule has 0 amide bonds. The fourth-order valence-corrected chi connectivity index (χ4v) is 2.17. The van der Waals surface area contributed by atoms with Gasteiger partial charge in [-0.1, -0.05) is 23.4 Å². The molecule has 3 aromatic rings. The van der Waals surface area contributed by atoms with Crippen molar-refractivity contribution < 1.29 is 8.94 Å². The minimum atomic E-state index is 0. The van der Waals surface area contributed by atoms with Gasteiger partial charge >= 0.3 is 0 Å². The van der Waals surface area contributed by atoms with Gasteiger partial charge in [0.2, 0.25) is 11.8 Å². The van der Waals surface area contributed by atoms with Crippen LogP contribution in [-0.4, -0.2) is 27.6 Å². The molecule has 0 aliphatic heterocycles. The number of hydrogen-bond donors (Lipinski definition) is 2. The van der Waals surface area contributed by atoms with Crippen molar-refractivity contribution in [3.63, 3.8) is 0 Å². The number of nitrogens with one attached hydrogen (secondary N) is 2. The van der Waals surface area contributed by atoms with Crippen molar-refractivity contribution in [2.75, 3.05) is 6.54 Å². The average Bonchev–Trinajstić information content (AvgIpc) is 3.27. The highest BCUT2D eigenvalue weighted by atomic mass is 127. The van der Waals surface area contributed by atoms with Crippen LogP contribution < -0.4 is 10.6 Å². The van der Waals surface area contributed by atoms with Gasteiger partial charge in [0.05, 0.1) is 13.1 Å². The van der Waals surface area contributed by atoms with Crippen molar-refractivity contribution in [3.8, 4) is 11.5 Å². The summed E-state index contributed by atoms with van der Waals surface area (Å²) in [6, 6.07) is 9.76. The minimum absolute atomic E-state index is 0. The molecule has 0 saturated carbocycles. The van der Waals surface area contributed by atoms with Crippen LogP contribution in [0.1, 0.15) is 24.3 Å². The first kappa shape index (κ1) is 19.9. The first-order valence-corrected chi connectivity index (χ1v) is 8.06. The molecular formula is C17H21IN6O2. The van der Waals surface area contributed by atoms with E-state index in [1.165, 1.54) is 0 Å². The Hall–Kier alpha value is -2.43. The second kappa shape index (κ2) is 9.90. The number of hydrogen-bond acceptors (Lipinski definition) is 6. The molecule has 0 aliphatic rings. The molecule has 2 heterocycles. The Kier molecular flexibility index (Phi) is 7.57. The molecule has 9 heteroatoms. The molecule has 0 spiro atoms. The molecule has 0 fully saturated rings. The van der Waals surface area contributed by atoms with Gasteiger partial charge in [0.1, 0.15) is 12.0 Å². The minimum Gasteiger partial charge on any atom is -0.444 e. The Morgan fingerprint density at radius 2 is 1.96 bits per heavy atom. The number of aromatic nitrogens is 3. The number of nitrogens with zero attached hydrogens (tertiary/aromatic N) is 4. The second-order valence-corrected chi connectivity index (χ2v) is 5.29. The van der Waals surface area contributed by atoms with Crippen molar-refractivity contribution in [3.05, 3.63) is 54.0 Å². The van der Waals surface area contributed by atoms with Crippen LogP contribution in [0.3, 0.4) is 0 Å². The average molecular weight is 468 g/mol. The molecule has 0 bridgehead atoms. The monoisotopic (exact) mass is 468 g/mol. The number of aryl methyl sites for hydroxylation is 1. The maximum atomic E-state index is 5.52. The maximum Gasteiger partial charge on any atom is 0.226 e. The fourth-order valence-electron chi connectivity index (χ4n) is 2.17. The molecule has 2 aromatic heterocycles. The van der Waals surface area contributed by atoms with E-state index in [9.17, 15) is 0 Å². The van der Waals surface area contributed by atoms with E-state index >= 15 is 0 Å². The molecule has 0 atom stereocenters. The summed E-state index contributed by atoms with van der Waals surface area (Å²) in [5.41, 5.74) is 1.70. The lowest BCUT2D eigenvalue weighted by molar-refractivity contribution is 0.387. The Labute approximate surface area is 168 Å². The standard InChI is InChI=1S/C17H20N6O2.HI/c1-3-18-17(20-10-15-21-12(2)25-23-15)19-9-14-11-24-16(22-14)13-7-5-4-6-8-13;/h4-8,11H,3,9-10H2,1-2H3,(H2,18,19,20);1H. The lowest BCUT2D eigenvalue weighted by Gasteiger charge is -2.08. The van der Waals surface area contributed by atoms with Crippen molar-refractivity contribution >= 4 is 29.9 Å². The summed E-state index contributed by atoms with van der Waals surface area (Å²) < 4.78 is 10.5. The molecular weight excluding hydrogens is 447 g/mol. The van der Waals surface area contributed by atoms with Crippen LogP contribution in [0.15, 0.2) is 50.5 Å². The zero-order valence-electron chi connectivity index (χ0n) is 14.6. The van der Waals surface area contributed by atoms with E-state index in [0.717, 1.165) is 17.8 Å². The van der Waals surface area contributed by atoms with Gasteiger partial charge in [-0.25, -0.2) is 9.98 Å². The summed E-state index contributed by atoms with van der Waals surface area (Å²) in [6.45, 7) is 5.32. The fraction of sp³-hybridized carbons (Fsp3) is 0.294. The highest BCUT2D eigenvalue weighted by Gasteiger charge is 2.07. The van der Waals surface area contributed by atoms with Crippen LogP contribution in [0.25, 0.3) is 11.5 Å². The van der Waals surface area contributed by atoms with Gasteiger partial charge in [0.15, 0.2) is 11.8 Å². The van der Waals surface area contributed by atoms with E-state index in [-0.39, 0.29) is 24.0 Å². The van der Waals surface area contributed by atoms with Gasteiger partial charge in [0.25, 0.3) is 0 Å². The number of oxazole rings is 1. The van der Waals surface area contributed by atoms with Gasteiger partial charge in [-0.05, 0) is 19.1 Å². The normalized spacial score (nSPS) is 11.1. The summed E-state index contributed by atoms with van der Waals surface area (Å²) in [4.78, 5) is 13.1. The smallest absolute Gasteiger partial charge is 0.226 e. The van der Waals surface area contributed by atoms with E-state index in [1.807, 2.05) is 37.3 Å². The van der Waals surface area contributed by atoms with E-state index in [2.05, 4.69) is 30.8 Å². The predicted octanol–water partition coefficient (Wildman–Crippen LogP) is 2.91. The van der Waals surface area contributed by atoms with Gasteiger partial charge in [0, 0.05) is 19.0 Å². The summed E-state index contributed by atoms with van der Waals surface area (Å²) in [5.74, 6) is 2.35. The topological polar surface area (TPSA) is 101 Å². The van der Waals surface area contributed by atoms with Gasteiger partial charge < -0.3 is 19.6 Å². The Morgan fingerprint density at radius 3 is 2.65 bits per heavy atom. The molecule has 138 valence electrons. The summed E-state index contributed by atoms with van der Waals surface area (Å²) in [5, 5.41) is 10.2. The molecule has 26 heavy (non-hydrogen) atoms. The van der Waals surface area contributed by atoms with E-state index in [0.29, 0.717) is 36.7 Å². The number of halogens is 1. The second-order valence-electron chi connectivity index (χ2n) is 5.29. The number of benzene rings is 1. The largest absolute Gasteiger partial charge is 0.444 e. The van der Waals surface area contributed by atoms with Crippen molar-refractivity contribution in [2.24, 2.45) is 4.99 Å². The quantitative estimate of drug-likeness (QED) is 0.326. The van der Waals surface area contributed by atoms with Crippen molar-refractivity contribution in [2.45, 2.75) is 26.9 Å². The first-order chi connectivity index (χ1) is 12.2. The molecule has 0 aliphatic carbocycles. The van der Waals surface area contributed by atoms with Crippen LogP contribution in [-0.2, 0) is 13.1 Å². The highest BCUT2D eigenvalue weighted by molar-refractivity contribution is 14.0. The molecule has 0 saturated heterocycles. The third-order valence-corrected chi connectivity index (χ3v) is 3.30. The summed E-state index contributed by atoms with van der Waals surface area (Å²) in [7, 11) is 0. The van der Waals surface area contributed by atoms with E-state index in [4.69, 9.17) is 8.94 Å². The SMILES string of the molecule is CCNC(=NCc1coc(-c2ccccc2)n1)NCc1noc(C)n1.I. The van der Waals surface area contributed by atoms with Crippen LogP contribution >= 0.6 is 24.0 Å². The summed E-state index contributed by atoms with van der Waals surface area (Å²) >= 11 is 0.